The first-order valence-electron chi connectivity index (χ1n) is 7.36. The van der Waals surface area contributed by atoms with Crippen LogP contribution in [0.4, 0.5) is 0 Å². The summed E-state index contributed by atoms with van der Waals surface area (Å²) in [5.41, 5.74) is 0. The van der Waals surface area contributed by atoms with Crippen LogP contribution in [0.2, 0.25) is 0 Å². The molecule has 2 bridgehead atoms. The Morgan fingerprint density at radius 1 is 1.18 bits per heavy atom. The van der Waals surface area contributed by atoms with E-state index in [0.29, 0.717) is 18.0 Å². The predicted octanol–water partition coefficient (Wildman–Crippen LogP) is 3.07. The van der Waals surface area contributed by atoms with E-state index in [1.54, 1.807) is 7.11 Å². The maximum Gasteiger partial charge on any atom is 0.0618 e. The molecule has 2 fully saturated rings. The Balaban J connectivity index is 1.85. The first-order chi connectivity index (χ1) is 8.11. The average Bonchev–Trinajstić information content (AvgIpc) is 2.89. The zero-order valence-electron chi connectivity index (χ0n) is 11.9. The van der Waals surface area contributed by atoms with Crippen LogP contribution in [0.3, 0.4) is 0 Å². The highest BCUT2D eigenvalue weighted by Crippen LogP contribution is 2.49. The average molecular weight is 239 g/mol. The van der Waals surface area contributed by atoms with Crippen LogP contribution >= 0.6 is 0 Å². The zero-order valence-corrected chi connectivity index (χ0v) is 11.9. The van der Waals surface area contributed by atoms with Gasteiger partial charge in [-0.2, -0.15) is 0 Å². The molecule has 0 radical (unpaired) electrons. The molecule has 0 spiro atoms. The van der Waals surface area contributed by atoms with Crippen molar-refractivity contribution in [1.29, 1.82) is 0 Å². The molecule has 2 aliphatic carbocycles. The van der Waals surface area contributed by atoms with Crippen LogP contribution in [0.1, 0.15) is 46.5 Å². The molecule has 0 aromatic carbocycles. The van der Waals surface area contributed by atoms with E-state index in [2.05, 4.69) is 26.1 Å². The Bertz CT molecular complexity index is 241. The molecular weight excluding hydrogens is 210 g/mol. The van der Waals surface area contributed by atoms with Gasteiger partial charge in [-0.05, 0) is 49.9 Å². The molecule has 0 heterocycles. The van der Waals surface area contributed by atoms with E-state index >= 15 is 0 Å². The molecule has 17 heavy (non-hydrogen) atoms. The van der Waals surface area contributed by atoms with Crippen molar-refractivity contribution in [3.8, 4) is 0 Å². The van der Waals surface area contributed by atoms with Gasteiger partial charge >= 0.3 is 0 Å². The smallest absolute Gasteiger partial charge is 0.0618 e. The second-order valence-electron chi connectivity index (χ2n) is 6.60. The molecule has 2 heteroatoms. The summed E-state index contributed by atoms with van der Waals surface area (Å²) in [4.78, 5) is 0. The molecule has 2 rings (SSSR count). The summed E-state index contributed by atoms with van der Waals surface area (Å²) in [6.07, 6.45) is 5.96. The van der Waals surface area contributed by atoms with E-state index in [1.807, 2.05) is 0 Å². The van der Waals surface area contributed by atoms with Crippen molar-refractivity contribution < 1.29 is 4.74 Å². The largest absolute Gasteiger partial charge is 0.383 e. The third-order valence-electron chi connectivity index (χ3n) is 5.06. The van der Waals surface area contributed by atoms with E-state index in [0.717, 1.165) is 24.4 Å². The summed E-state index contributed by atoms with van der Waals surface area (Å²) in [6.45, 7) is 7.79. The second-order valence-corrected chi connectivity index (χ2v) is 6.60. The van der Waals surface area contributed by atoms with Gasteiger partial charge in [0.2, 0.25) is 0 Å². The summed E-state index contributed by atoms with van der Waals surface area (Å²) < 4.78 is 5.33. The standard InChI is InChI=1S/C15H29NO/c1-10(2)15(9-17-4)16-11(3)14-8-12-5-6-13(14)7-12/h10-16H,5-9H2,1-4H3. The minimum Gasteiger partial charge on any atom is -0.383 e. The third kappa shape index (κ3) is 3.03. The van der Waals surface area contributed by atoms with Crippen LogP contribution in [-0.4, -0.2) is 25.8 Å². The Labute approximate surface area is 107 Å². The molecule has 0 aliphatic heterocycles. The lowest BCUT2D eigenvalue weighted by Crippen LogP contribution is -2.47. The van der Waals surface area contributed by atoms with Gasteiger partial charge in [-0.25, -0.2) is 0 Å². The van der Waals surface area contributed by atoms with Gasteiger partial charge < -0.3 is 10.1 Å². The Morgan fingerprint density at radius 2 is 1.94 bits per heavy atom. The highest BCUT2D eigenvalue weighted by atomic mass is 16.5. The van der Waals surface area contributed by atoms with Gasteiger partial charge in [0.1, 0.15) is 0 Å². The molecular formula is C15H29NO. The normalized spacial score (nSPS) is 35.5. The van der Waals surface area contributed by atoms with E-state index in [1.165, 1.54) is 25.7 Å². The Hall–Kier alpha value is -0.0800. The predicted molar refractivity (Wildman–Crippen MR) is 72.0 cm³/mol. The van der Waals surface area contributed by atoms with E-state index in [4.69, 9.17) is 4.74 Å². The summed E-state index contributed by atoms with van der Waals surface area (Å²) in [7, 11) is 1.80. The van der Waals surface area contributed by atoms with Crippen molar-refractivity contribution in [2.45, 2.75) is 58.5 Å². The molecule has 5 atom stereocenters. The summed E-state index contributed by atoms with van der Waals surface area (Å²) in [5, 5.41) is 3.82. The van der Waals surface area contributed by atoms with Gasteiger partial charge in [0.05, 0.1) is 6.61 Å². The number of ether oxygens (including phenoxy) is 1. The van der Waals surface area contributed by atoms with Crippen LogP contribution in [-0.2, 0) is 4.74 Å². The fourth-order valence-corrected chi connectivity index (χ4v) is 3.98. The van der Waals surface area contributed by atoms with E-state index < -0.39 is 0 Å². The number of hydrogen-bond donors (Lipinski definition) is 1. The SMILES string of the molecule is COCC(NC(C)C1CC2CCC1C2)C(C)C. The second kappa shape index (κ2) is 5.71. The zero-order chi connectivity index (χ0) is 12.4. The van der Waals surface area contributed by atoms with Crippen LogP contribution in [0.5, 0.6) is 0 Å². The monoisotopic (exact) mass is 239 g/mol. The maximum atomic E-state index is 5.33. The quantitative estimate of drug-likeness (QED) is 0.769. The van der Waals surface area contributed by atoms with Crippen molar-refractivity contribution in [1.82, 2.24) is 5.32 Å². The first kappa shape index (κ1) is 13.4. The molecule has 2 aliphatic rings. The molecule has 100 valence electrons. The number of nitrogens with one attached hydrogen (secondary N) is 1. The molecule has 0 aromatic heterocycles. The highest BCUT2D eigenvalue weighted by Gasteiger charge is 2.42. The molecule has 2 nitrogen and oxygen atoms in total. The van der Waals surface area contributed by atoms with Gasteiger partial charge in [-0.1, -0.05) is 20.3 Å². The van der Waals surface area contributed by atoms with E-state index in [-0.39, 0.29) is 0 Å². The van der Waals surface area contributed by atoms with Gasteiger partial charge in [0.15, 0.2) is 0 Å². The van der Waals surface area contributed by atoms with Crippen molar-refractivity contribution >= 4 is 0 Å². The first-order valence-corrected chi connectivity index (χ1v) is 7.36. The van der Waals surface area contributed by atoms with E-state index in [9.17, 15) is 0 Å². The maximum absolute atomic E-state index is 5.33. The molecule has 5 unspecified atom stereocenters. The van der Waals surface area contributed by atoms with Crippen molar-refractivity contribution in [2.75, 3.05) is 13.7 Å². The lowest BCUT2D eigenvalue weighted by atomic mass is 9.83. The molecule has 1 N–H and O–H groups in total. The molecule has 0 aromatic rings. The minimum absolute atomic E-state index is 0.508. The van der Waals surface area contributed by atoms with Crippen LogP contribution in [0, 0.1) is 23.7 Å². The van der Waals surface area contributed by atoms with Gasteiger partial charge in [0.25, 0.3) is 0 Å². The highest BCUT2D eigenvalue weighted by molar-refractivity contribution is 4.94. The van der Waals surface area contributed by atoms with Crippen LogP contribution in [0.15, 0.2) is 0 Å². The summed E-state index contributed by atoms with van der Waals surface area (Å²) in [6, 6.07) is 1.17. The summed E-state index contributed by atoms with van der Waals surface area (Å²) >= 11 is 0. The van der Waals surface area contributed by atoms with Gasteiger partial charge in [-0.15, -0.1) is 0 Å². The fraction of sp³-hybridized carbons (Fsp3) is 1.00. The molecule has 0 amide bonds. The fourth-order valence-electron chi connectivity index (χ4n) is 3.98. The number of fused-ring (bicyclic) bond motifs is 2. The summed E-state index contributed by atoms with van der Waals surface area (Å²) in [5.74, 6) is 3.63. The van der Waals surface area contributed by atoms with Gasteiger partial charge in [-0.3, -0.25) is 0 Å². The Morgan fingerprint density at radius 3 is 2.41 bits per heavy atom. The number of hydrogen-bond acceptors (Lipinski definition) is 2. The Kier molecular flexibility index (Phi) is 4.48. The third-order valence-corrected chi connectivity index (χ3v) is 5.06. The van der Waals surface area contributed by atoms with Crippen LogP contribution < -0.4 is 5.32 Å². The van der Waals surface area contributed by atoms with Crippen molar-refractivity contribution in [3.05, 3.63) is 0 Å². The minimum atomic E-state index is 0.508. The lowest BCUT2D eigenvalue weighted by Gasteiger charge is -2.33. The lowest BCUT2D eigenvalue weighted by molar-refractivity contribution is 0.128. The molecule has 0 saturated heterocycles. The van der Waals surface area contributed by atoms with Crippen molar-refractivity contribution in [3.63, 3.8) is 0 Å². The van der Waals surface area contributed by atoms with Crippen molar-refractivity contribution in [2.24, 2.45) is 23.7 Å². The van der Waals surface area contributed by atoms with Gasteiger partial charge in [0, 0.05) is 19.2 Å². The topological polar surface area (TPSA) is 21.3 Å². The van der Waals surface area contributed by atoms with Crippen LogP contribution in [0.25, 0.3) is 0 Å². The molecule has 2 saturated carbocycles. The number of methoxy groups -OCH3 is 1. The number of rotatable bonds is 6.